The van der Waals surface area contributed by atoms with Crippen LogP contribution >= 0.6 is 0 Å². The van der Waals surface area contributed by atoms with Crippen LogP contribution in [0.2, 0.25) is 0 Å². The average molecular weight is 273 g/mol. The van der Waals surface area contributed by atoms with Gasteiger partial charge < -0.3 is 4.90 Å². The highest BCUT2D eigenvalue weighted by Gasteiger charge is 2.64. The van der Waals surface area contributed by atoms with E-state index in [-0.39, 0.29) is 11.8 Å². The molecule has 2 saturated carbocycles. The number of carbonyl (C=O) groups is 1. The minimum absolute atomic E-state index is 0.165. The van der Waals surface area contributed by atoms with Crippen LogP contribution in [0.3, 0.4) is 0 Å². The fraction of sp³-hybridized carbons (Fsp3) is 0.667. The monoisotopic (exact) mass is 273 g/mol. The van der Waals surface area contributed by atoms with Crippen LogP contribution in [-0.4, -0.2) is 28.2 Å². The van der Waals surface area contributed by atoms with Gasteiger partial charge in [0.15, 0.2) is 0 Å². The van der Waals surface area contributed by atoms with Crippen LogP contribution in [0.5, 0.6) is 0 Å². The van der Waals surface area contributed by atoms with Gasteiger partial charge in [0.05, 0.1) is 6.54 Å². The highest BCUT2D eigenvalue weighted by atomic mass is 16.6. The van der Waals surface area contributed by atoms with Gasteiger partial charge in [0.1, 0.15) is 11.4 Å². The summed E-state index contributed by atoms with van der Waals surface area (Å²) < 4.78 is 4.69. The zero-order valence-electron chi connectivity index (χ0n) is 11.9. The number of aryl methyl sites for hydroxylation is 1. The van der Waals surface area contributed by atoms with Gasteiger partial charge in [-0.1, -0.05) is 22.5 Å². The van der Waals surface area contributed by atoms with E-state index in [9.17, 15) is 4.79 Å². The van der Waals surface area contributed by atoms with Gasteiger partial charge in [-0.3, -0.25) is 4.79 Å². The Labute approximate surface area is 118 Å². The molecule has 0 radical (unpaired) electrons. The van der Waals surface area contributed by atoms with Crippen LogP contribution in [0.15, 0.2) is 16.8 Å². The van der Waals surface area contributed by atoms with E-state index in [0.717, 1.165) is 17.8 Å². The standard InChI is InChI=1S/C15H19N3O2/c1-9-13(17-20-16-9)8-18(2)14(19)11-7-10-3-4-12(11)15(10)5-6-15/h3-4,10-12H,5-8H2,1-2H3/t10-,11+,12-/m1/s1. The van der Waals surface area contributed by atoms with E-state index in [1.54, 1.807) is 4.90 Å². The Balaban J connectivity index is 1.48. The van der Waals surface area contributed by atoms with Crippen molar-refractivity contribution >= 4 is 5.91 Å². The summed E-state index contributed by atoms with van der Waals surface area (Å²) in [4.78, 5) is 14.5. The van der Waals surface area contributed by atoms with Crippen molar-refractivity contribution in [2.24, 2.45) is 23.2 Å². The lowest BCUT2D eigenvalue weighted by Gasteiger charge is -2.25. The molecule has 3 atom stereocenters. The second-order valence-electron chi connectivity index (χ2n) is 6.58. The second-order valence-corrected chi connectivity index (χ2v) is 6.58. The van der Waals surface area contributed by atoms with Gasteiger partial charge in [0.25, 0.3) is 0 Å². The summed E-state index contributed by atoms with van der Waals surface area (Å²) in [7, 11) is 1.85. The molecule has 2 fully saturated rings. The molecule has 0 N–H and O–H groups in total. The van der Waals surface area contributed by atoms with Crippen molar-refractivity contribution in [3.05, 3.63) is 23.5 Å². The molecule has 1 aromatic rings. The SMILES string of the molecule is Cc1nonc1CN(C)C(=O)[C@H]1C[C@H]2C=C[C@H]1C21CC1. The van der Waals surface area contributed by atoms with Crippen molar-refractivity contribution in [1.29, 1.82) is 0 Å². The molecule has 3 aliphatic carbocycles. The smallest absolute Gasteiger partial charge is 0.226 e. The molecule has 0 aliphatic heterocycles. The van der Waals surface area contributed by atoms with Crippen molar-refractivity contribution in [1.82, 2.24) is 15.2 Å². The summed E-state index contributed by atoms with van der Waals surface area (Å²) in [5.41, 5.74) is 1.98. The predicted molar refractivity (Wildman–Crippen MR) is 71.4 cm³/mol. The first-order valence-electron chi connectivity index (χ1n) is 7.33. The first kappa shape index (κ1) is 12.1. The minimum Gasteiger partial charge on any atom is -0.339 e. The van der Waals surface area contributed by atoms with Crippen molar-refractivity contribution in [3.8, 4) is 0 Å². The third-order valence-electron chi connectivity index (χ3n) is 5.55. The Morgan fingerprint density at radius 1 is 1.45 bits per heavy atom. The lowest BCUT2D eigenvalue weighted by Crippen LogP contribution is -2.35. The summed E-state index contributed by atoms with van der Waals surface area (Å²) >= 11 is 0. The molecule has 1 spiro atoms. The zero-order valence-corrected chi connectivity index (χ0v) is 11.9. The normalized spacial score (nSPS) is 32.0. The van der Waals surface area contributed by atoms with Crippen molar-refractivity contribution < 1.29 is 9.42 Å². The molecule has 20 heavy (non-hydrogen) atoms. The summed E-state index contributed by atoms with van der Waals surface area (Å²) in [5.74, 6) is 1.53. The molecule has 5 heteroatoms. The fourth-order valence-electron chi connectivity index (χ4n) is 4.23. The largest absolute Gasteiger partial charge is 0.339 e. The lowest BCUT2D eigenvalue weighted by atomic mass is 9.88. The number of aromatic nitrogens is 2. The number of hydrogen-bond acceptors (Lipinski definition) is 4. The number of allylic oxidation sites excluding steroid dienone is 2. The highest BCUT2D eigenvalue weighted by Crippen LogP contribution is 2.70. The molecule has 1 amide bonds. The average Bonchev–Trinajstić information content (AvgIpc) is 2.94. The Hall–Kier alpha value is -1.65. The Bertz CT molecular complexity index is 588. The maximum absolute atomic E-state index is 12.7. The van der Waals surface area contributed by atoms with E-state index in [1.807, 2.05) is 14.0 Å². The number of amides is 1. The summed E-state index contributed by atoms with van der Waals surface area (Å²) in [6.45, 7) is 2.34. The van der Waals surface area contributed by atoms with Crippen LogP contribution < -0.4 is 0 Å². The van der Waals surface area contributed by atoms with Gasteiger partial charge >= 0.3 is 0 Å². The van der Waals surface area contributed by atoms with Crippen LogP contribution in [0, 0.1) is 30.1 Å². The quantitative estimate of drug-likeness (QED) is 0.790. The predicted octanol–water partition coefficient (Wildman–Crippen LogP) is 1.94. The summed E-state index contributed by atoms with van der Waals surface area (Å²) in [6, 6.07) is 0. The number of hydrogen-bond donors (Lipinski definition) is 0. The molecule has 3 aliphatic rings. The van der Waals surface area contributed by atoms with E-state index >= 15 is 0 Å². The number of rotatable bonds is 3. The minimum atomic E-state index is 0.165. The number of nitrogens with zero attached hydrogens (tertiary/aromatic N) is 3. The molecule has 0 saturated heterocycles. The van der Waals surface area contributed by atoms with Crippen LogP contribution in [0.1, 0.15) is 30.7 Å². The van der Waals surface area contributed by atoms with Crippen molar-refractivity contribution in [2.45, 2.75) is 32.7 Å². The Morgan fingerprint density at radius 2 is 2.25 bits per heavy atom. The van der Waals surface area contributed by atoms with Crippen LogP contribution in [-0.2, 0) is 11.3 Å². The van der Waals surface area contributed by atoms with Crippen molar-refractivity contribution in [3.63, 3.8) is 0 Å². The van der Waals surface area contributed by atoms with Crippen LogP contribution in [0.25, 0.3) is 0 Å². The van der Waals surface area contributed by atoms with E-state index in [1.165, 1.54) is 12.8 Å². The first-order chi connectivity index (χ1) is 9.62. The van der Waals surface area contributed by atoms with E-state index in [0.29, 0.717) is 23.8 Å². The molecule has 0 aromatic carbocycles. The maximum atomic E-state index is 12.7. The summed E-state index contributed by atoms with van der Waals surface area (Å²) in [6.07, 6.45) is 8.26. The Morgan fingerprint density at radius 3 is 2.85 bits per heavy atom. The second kappa shape index (κ2) is 3.93. The van der Waals surface area contributed by atoms with Gasteiger partial charge in [-0.15, -0.1) is 0 Å². The first-order valence-corrected chi connectivity index (χ1v) is 7.33. The highest BCUT2D eigenvalue weighted by molar-refractivity contribution is 5.80. The zero-order chi connectivity index (χ0) is 13.9. The van der Waals surface area contributed by atoms with Crippen molar-refractivity contribution in [2.75, 3.05) is 7.05 Å². The van der Waals surface area contributed by atoms with Gasteiger partial charge in [-0.05, 0) is 43.4 Å². The van der Waals surface area contributed by atoms with Gasteiger partial charge in [0.2, 0.25) is 5.91 Å². The fourth-order valence-corrected chi connectivity index (χ4v) is 4.23. The molecular weight excluding hydrogens is 254 g/mol. The molecule has 4 rings (SSSR count). The van der Waals surface area contributed by atoms with Gasteiger partial charge in [0, 0.05) is 13.0 Å². The third-order valence-corrected chi connectivity index (χ3v) is 5.55. The molecular formula is C15H19N3O2. The third kappa shape index (κ3) is 1.52. The van der Waals surface area contributed by atoms with E-state index in [4.69, 9.17) is 4.63 Å². The molecule has 0 unspecified atom stereocenters. The molecule has 2 bridgehead atoms. The van der Waals surface area contributed by atoms with E-state index < -0.39 is 0 Å². The molecule has 106 valence electrons. The van der Waals surface area contributed by atoms with Gasteiger partial charge in [-0.25, -0.2) is 4.63 Å². The lowest BCUT2D eigenvalue weighted by molar-refractivity contribution is -0.135. The van der Waals surface area contributed by atoms with Crippen LogP contribution in [0.4, 0.5) is 0 Å². The molecule has 5 nitrogen and oxygen atoms in total. The molecule has 1 aromatic heterocycles. The summed E-state index contributed by atoms with van der Waals surface area (Å²) in [5, 5.41) is 7.62. The van der Waals surface area contributed by atoms with Gasteiger partial charge in [-0.2, -0.15) is 0 Å². The Kier molecular flexibility index (Phi) is 2.38. The topological polar surface area (TPSA) is 59.2 Å². The number of carbonyl (C=O) groups excluding carboxylic acids is 1. The molecule has 1 heterocycles. The van der Waals surface area contributed by atoms with E-state index in [2.05, 4.69) is 22.5 Å². The maximum Gasteiger partial charge on any atom is 0.226 e.